The Morgan fingerprint density at radius 2 is 2.06 bits per heavy atom. The number of hydrogen-bond acceptors (Lipinski definition) is 2. The summed E-state index contributed by atoms with van der Waals surface area (Å²) in [5.74, 6) is 3.24. The molecule has 2 nitrogen and oxygen atoms in total. The quantitative estimate of drug-likeness (QED) is 0.854. The van der Waals surface area contributed by atoms with Crippen LogP contribution in [-0.2, 0) is 6.54 Å². The van der Waals surface area contributed by atoms with E-state index in [2.05, 4.69) is 32.0 Å². The van der Waals surface area contributed by atoms with Crippen molar-refractivity contribution in [1.82, 2.24) is 5.32 Å². The molecule has 1 aromatic carbocycles. The maximum atomic E-state index is 5.98. The zero-order valence-corrected chi connectivity index (χ0v) is 12.5. The van der Waals surface area contributed by atoms with Gasteiger partial charge >= 0.3 is 0 Å². The molecule has 1 rings (SSSR count). The molecule has 18 heavy (non-hydrogen) atoms. The Morgan fingerprint density at radius 3 is 2.61 bits per heavy atom. The van der Waals surface area contributed by atoms with E-state index in [1.165, 1.54) is 0 Å². The molecule has 0 aliphatic carbocycles. The molecule has 0 radical (unpaired) electrons. The summed E-state index contributed by atoms with van der Waals surface area (Å²) in [6.07, 6.45) is 5.18. The average Bonchev–Trinajstić information content (AvgIpc) is 2.24. The van der Waals surface area contributed by atoms with Crippen molar-refractivity contribution in [2.24, 2.45) is 0 Å². The van der Waals surface area contributed by atoms with Crippen LogP contribution in [0.5, 0.6) is 5.75 Å². The second-order valence-corrected chi connectivity index (χ2v) is 5.28. The molecule has 0 aliphatic heterocycles. The first-order chi connectivity index (χ1) is 7.92. The van der Waals surface area contributed by atoms with Crippen LogP contribution >= 0.6 is 24.0 Å². The lowest BCUT2D eigenvalue weighted by Gasteiger charge is -2.21. The normalized spacial score (nSPS) is 10.4. The van der Waals surface area contributed by atoms with E-state index in [1.54, 1.807) is 6.07 Å². The summed E-state index contributed by atoms with van der Waals surface area (Å²) in [7, 11) is 0. The van der Waals surface area contributed by atoms with Gasteiger partial charge in [0.1, 0.15) is 12.4 Å². The van der Waals surface area contributed by atoms with Gasteiger partial charge in [-0.05, 0) is 39.0 Å². The van der Waals surface area contributed by atoms with E-state index in [4.69, 9.17) is 22.8 Å². The van der Waals surface area contributed by atoms with Crippen molar-refractivity contribution in [1.29, 1.82) is 0 Å². The van der Waals surface area contributed by atoms with Crippen molar-refractivity contribution in [3.63, 3.8) is 0 Å². The highest BCUT2D eigenvalue weighted by atomic mass is 35.5. The molecule has 1 aromatic rings. The maximum Gasteiger partial charge on any atom is 0.148 e. The third kappa shape index (κ3) is 6.16. The molecule has 0 saturated heterocycles. The summed E-state index contributed by atoms with van der Waals surface area (Å²) in [6.45, 7) is 7.30. The van der Waals surface area contributed by atoms with Crippen LogP contribution in [0.2, 0.25) is 5.02 Å². The van der Waals surface area contributed by atoms with Crippen LogP contribution in [0.25, 0.3) is 0 Å². The predicted molar refractivity (Wildman–Crippen MR) is 79.6 cm³/mol. The highest BCUT2D eigenvalue weighted by Gasteiger charge is 2.11. The lowest BCUT2D eigenvalue weighted by Crippen LogP contribution is -2.35. The first kappa shape index (κ1) is 17.1. The summed E-state index contributed by atoms with van der Waals surface area (Å²) in [4.78, 5) is 0. The molecule has 100 valence electrons. The lowest BCUT2D eigenvalue weighted by molar-refractivity contribution is 0.359. The van der Waals surface area contributed by atoms with Crippen LogP contribution in [0.15, 0.2) is 18.2 Å². The number of rotatable bonds is 4. The summed E-state index contributed by atoms with van der Waals surface area (Å²) < 4.78 is 5.47. The molecule has 1 N–H and O–H groups in total. The topological polar surface area (TPSA) is 21.3 Å². The minimum atomic E-state index is 0. The van der Waals surface area contributed by atoms with Crippen LogP contribution in [0, 0.1) is 12.3 Å². The highest BCUT2D eigenvalue weighted by Crippen LogP contribution is 2.23. The van der Waals surface area contributed by atoms with E-state index in [-0.39, 0.29) is 24.6 Å². The van der Waals surface area contributed by atoms with Crippen LogP contribution in [0.1, 0.15) is 26.3 Å². The van der Waals surface area contributed by atoms with Gasteiger partial charge in [-0.2, -0.15) is 0 Å². The minimum absolute atomic E-state index is 0. The zero-order valence-electron chi connectivity index (χ0n) is 10.9. The SMILES string of the molecule is C#CCOc1ccc(Cl)cc1CNC(C)(C)C.Cl. The van der Waals surface area contributed by atoms with E-state index < -0.39 is 0 Å². The molecular formula is C14H19Cl2NO. The average molecular weight is 288 g/mol. The number of halogens is 2. The number of ether oxygens (including phenoxy) is 1. The second kappa shape index (κ2) is 7.53. The third-order valence-electron chi connectivity index (χ3n) is 2.14. The first-order valence-electron chi connectivity index (χ1n) is 5.52. The molecule has 0 aliphatic rings. The summed E-state index contributed by atoms with van der Waals surface area (Å²) in [5, 5.41) is 4.09. The molecule has 4 heteroatoms. The molecule has 0 aromatic heterocycles. The fraction of sp³-hybridized carbons (Fsp3) is 0.429. The van der Waals surface area contributed by atoms with Crippen molar-refractivity contribution in [2.45, 2.75) is 32.9 Å². The van der Waals surface area contributed by atoms with Gasteiger partial charge in [0.15, 0.2) is 0 Å². The lowest BCUT2D eigenvalue weighted by atomic mass is 10.1. The Kier molecular flexibility index (Phi) is 7.16. The zero-order chi connectivity index (χ0) is 12.9. The second-order valence-electron chi connectivity index (χ2n) is 4.85. The van der Waals surface area contributed by atoms with Gasteiger partial charge in [0.25, 0.3) is 0 Å². The maximum absolute atomic E-state index is 5.98. The Bertz CT molecular complexity index is 419. The van der Waals surface area contributed by atoms with Crippen molar-refractivity contribution in [2.75, 3.05) is 6.61 Å². The number of hydrogen-bond donors (Lipinski definition) is 1. The number of benzene rings is 1. The van der Waals surface area contributed by atoms with E-state index in [9.17, 15) is 0 Å². The van der Waals surface area contributed by atoms with Gasteiger partial charge < -0.3 is 10.1 Å². The summed E-state index contributed by atoms with van der Waals surface area (Å²) in [6, 6.07) is 5.54. The Balaban J connectivity index is 0.00000289. The Hall–Kier alpha value is -0.880. The Morgan fingerprint density at radius 1 is 1.39 bits per heavy atom. The van der Waals surface area contributed by atoms with Crippen molar-refractivity contribution in [3.05, 3.63) is 28.8 Å². The van der Waals surface area contributed by atoms with Crippen LogP contribution < -0.4 is 10.1 Å². The molecule has 0 atom stereocenters. The van der Waals surface area contributed by atoms with Crippen molar-refractivity contribution in [3.8, 4) is 18.1 Å². The fourth-order valence-electron chi connectivity index (χ4n) is 1.31. The largest absolute Gasteiger partial charge is 0.481 e. The Labute approximate surface area is 120 Å². The molecule has 0 bridgehead atoms. The van der Waals surface area contributed by atoms with E-state index >= 15 is 0 Å². The molecule has 0 unspecified atom stereocenters. The van der Waals surface area contributed by atoms with E-state index in [0.717, 1.165) is 11.3 Å². The third-order valence-corrected chi connectivity index (χ3v) is 2.38. The van der Waals surface area contributed by atoms with Gasteiger partial charge in [-0.1, -0.05) is 17.5 Å². The molecule has 0 heterocycles. The van der Waals surface area contributed by atoms with Crippen LogP contribution in [0.3, 0.4) is 0 Å². The van der Waals surface area contributed by atoms with Crippen molar-refractivity contribution < 1.29 is 4.74 Å². The summed E-state index contributed by atoms with van der Waals surface area (Å²) in [5.41, 5.74) is 1.06. The monoisotopic (exact) mass is 287 g/mol. The van der Waals surface area contributed by atoms with Crippen LogP contribution in [-0.4, -0.2) is 12.1 Å². The number of terminal acetylenes is 1. The van der Waals surface area contributed by atoms with Gasteiger partial charge in [0.2, 0.25) is 0 Å². The van der Waals surface area contributed by atoms with Gasteiger partial charge in [0, 0.05) is 22.7 Å². The van der Waals surface area contributed by atoms with Gasteiger partial charge in [-0.15, -0.1) is 18.8 Å². The standard InChI is InChI=1S/C14H18ClNO.ClH/c1-5-8-17-13-7-6-12(15)9-11(13)10-16-14(2,3)4;/h1,6-7,9,16H,8,10H2,2-4H3;1H. The summed E-state index contributed by atoms with van der Waals surface area (Å²) >= 11 is 5.98. The van der Waals surface area contributed by atoms with Crippen molar-refractivity contribution >= 4 is 24.0 Å². The predicted octanol–water partition coefficient (Wildman–Crippen LogP) is 3.66. The molecular weight excluding hydrogens is 269 g/mol. The number of nitrogens with one attached hydrogen (secondary N) is 1. The first-order valence-corrected chi connectivity index (χ1v) is 5.90. The van der Waals surface area contributed by atoms with Gasteiger partial charge in [-0.25, -0.2) is 0 Å². The molecule has 0 fully saturated rings. The smallest absolute Gasteiger partial charge is 0.148 e. The van der Waals surface area contributed by atoms with E-state index in [1.807, 2.05) is 12.1 Å². The molecule has 0 spiro atoms. The van der Waals surface area contributed by atoms with Gasteiger partial charge in [-0.3, -0.25) is 0 Å². The minimum Gasteiger partial charge on any atom is -0.481 e. The molecule has 0 saturated carbocycles. The van der Waals surface area contributed by atoms with E-state index in [0.29, 0.717) is 11.6 Å². The van der Waals surface area contributed by atoms with Crippen LogP contribution in [0.4, 0.5) is 0 Å². The highest BCUT2D eigenvalue weighted by molar-refractivity contribution is 6.30. The molecule has 0 amide bonds. The fourth-order valence-corrected chi connectivity index (χ4v) is 1.50. The van der Waals surface area contributed by atoms with Gasteiger partial charge in [0.05, 0.1) is 0 Å².